The summed E-state index contributed by atoms with van der Waals surface area (Å²) in [6, 6.07) is 66.2. The molecule has 3 aromatic heterocycles. The van der Waals surface area contributed by atoms with Crippen molar-refractivity contribution >= 4 is 54.4 Å². The average Bonchev–Trinajstić information content (AvgIpc) is 3.76. The molecule has 5 nitrogen and oxygen atoms in total. The molecule has 0 aliphatic carbocycles. The molecule has 11 rings (SSSR count). The van der Waals surface area contributed by atoms with Gasteiger partial charge in [-0.3, -0.25) is 0 Å². The topological polar surface area (TPSA) is 48.5 Å². The first-order valence-corrected chi connectivity index (χ1v) is 18.2. The first kappa shape index (κ1) is 30.3. The van der Waals surface area contributed by atoms with Gasteiger partial charge in [-0.2, -0.15) is 0 Å². The van der Waals surface area contributed by atoms with Crippen LogP contribution in [-0.2, 0) is 0 Å². The van der Waals surface area contributed by atoms with E-state index in [0.717, 1.165) is 55.5 Å². The van der Waals surface area contributed by atoms with Crippen molar-refractivity contribution in [3.05, 3.63) is 188 Å². The van der Waals surface area contributed by atoms with Crippen LogP contribution in [0.3, 0.4) is 0 Å². The van der Waals surface area contributed by atoms with Crippen LogP contribution in [0.2, 0.25) is 0 Å². The zero-order valence-electron chi connectivity index (χ0n) is 29.1. The summed E-state index contributed by atoms with van der Waals surface area (Å²) in [6.07, 6.45) is 0. The van der Waals surface area contributed by atoms with Crippen LogP contribution >= 0.6 is 0 Å². The zero-order chi connectivity index (χ0) is 35.6. The Labute approximate surface area is 311 Å². The van der Waals surface area contributed by atoms with Gasteiger partial charge >= 0.3 is 0 Å². The third kappa shape index (κ3) is 4.83. The van der Waals surface area contributed by atoms with Crippen LogP contribution in [0.25, 0.3) is 99.9 Å². The minimum absolute atomic E-state index is 0.624. The van der Waals surface area contributed by atoms with Gasteiger partial charge in [0.2, 0.25) is 0 Å². The van der Waals surface area contributed by atoms with E-state index in [1.807, 2.05) is 0 Å². The second-order valence-corrected chi connectivity index (χ2v) is 13.7. The molecular weight excluding hydrogens is 659 g/mol. The summed E-state index contributed by atoms with van der Waals surface area (Å²) in [5, 5.41) is 7.09. The molecule has 0 N–H and O–H groups in total. The summed E-state index contributed by atoms with van der Waals surface area (Å²) in [4.78, 5) is 15.6. The van der Waals surface area contributed by atoms with Crippen molar-refractivity contribution in [1.29, 1.82) is 0 Å². The van der Waals surface area contributed by atoms with Crippen LogP contribution in [0, 0.1) is 0 Å². The van der Waals surface area contributed by atoms with Gasteiger partial charge in [-0.05, 0) is 65.4 Å². The van der Waals surface area contributed by atoms with Gasteiger partial charge in [-0.15, -0.1) is 0 Å². The van der Waals surface area contributed by atoms with Crippen molar-refractivity contribution < 1.29 is 0 Å². The van der Waals surface area contributed by atoms with E-state index in [9.17, 15) is 0 Å². The lowest BCUT2D eigenvalue weighted by molar-refractivity contribution is 1.07. The number of hydrogen-bond acceptors (Lipinski definition) is 3. The second-order valence-electron chi connectivity index (χ2n) is 13.7. The highest BCUT2D eigenvalue weighted by Crippen LogP contribution is 2.37. The predicted octanol–water partition coefficient (Wildman–Crippen LogP) is 12.2. The van der Waals surface area contributed by atoms with E-state index in [1.165, 1.54) is 26.9 Å². The Hall–Kier alpha value is -7.37. The Morgan fingerprint density at radius 3 is 1.19 bits per heavy atom. The predicted molar refractivity (Wildman–Crippen MR) is 222 cm³/mol. The Kier molecular flexibility index (Phi) is 6.79. The summed E-state index contributed by atoms with van der Waals surface area (Å²) < 4.78 is 4.66. The monoisotopic (exact) mass is 689 g/mol. The highest BCUT2D eigenvalue weighted by Gasteiger charge is 2.19. The first-order valence-electron chi connectivity index (χ1n) is 18.2. The standard InChI is InChI=1S/C49H31N5/c1-3-15-37(16-4-1)53-43-21-11-9-19-39(43)41-27-25-35(30-45(41)53)48-50-47(34-24-23-32-13-7-8-14-33(32)29-34)51-49(52-48)36-26-28-42-40-20-10-12-22-44(40)54(46(42)31-36)38-17-5-2-6-18-38/h1-31H. The summed E-state index contributed by atoms with van der Waals surface area (Å²) in [5.41, 5.74) is 9.52. The van der Waals surface area contributed by atoms with Crippen LogP contribution in [-0.4, -0.2) is 24.1 Å². The Morgan fingerprint density at radius 1 is 0.278 bits per heavy atom. The number of aromatic nitrogens is 5. The quantitative estimate of drug-likeness (QED) is 0.181. The van der Waals surface area contributed by atoms with Crippen LogP contribution in [0.1, 0.15) is 0 Å². The third-order valence-corrected chi connectivity index (χ3v) is 10.5. The number of benzene rings is 8. The van der Waals surface area contributed by atoms with Gasteiger partial charge in [-0.25, -0.2) is 15.0 Å². The first-order chi connectivity index (χ1) is 26.8. The average molecular weight is 690 g/mol. The van der Waals surface area contributed by atoms with E-state index in [0.29, 0.717) is 17.5 Å². The largest absolute Gasteiger partial charge is 0.309 e. The third-order valence-electron chi connectivity index (χ3n) is 10.5. The van der Waals surface area contributed by atoms with E-state index in [4.69, 9.17) is 15.0 Å². The fraction of sp³-hybridized carbons (Fsp3) is 0. The maximum absolute atomic E-state index is 5.25. The molecule has 0 atom stereocenters. The highest BCUT2D eigenvalue weighted by molar-refractivity contribution is 6.11. The fourth-order valence-corrected chi connectivity index (χ4v) is 8.02. The lowest BCUT2D eigenvalue weighted by Gasteiger charge is -2.11. The molecule has 54 heavy (non-hydrogen) atoms. The van der Waals surface area contributed by atoms with Gasteiger partial charge in [0.05, 0.1) is 22.1 Å². The van der Waals surface area contributed by atoms with E-state index >= 15 is 0 Å². The van der Waals surface area contributed by atoms with Crippen LogP contribution in [0.4, 0.5) is 0 Å². The molecule has 3 heterocycles. The van der Waals surface area contributed by atoms with Crippen molar-refractivity contribution in [3.8, 4) is 45.5 Å². The molecule has 252 valence electrons. The maximum Gasteiger partial charge on any atom is 0.164 e. The van der Waals surface area contributed by atoms with Crippen molar-refractivity contribution in [2.24, 2.45) is 0 Å². The SMILES string of the molecule is c1ccc(-n2c3ccccc3c3ccc(-c4nc(-c5ccc6ccccc6c5)nc(-c5ccc6c7ccccc7n(-c7ccccc7)c6c5)n4)cc32)cc1. The van der Waals surface area contributed by atoms with Gasteiger partial charge in [-0.1, -0.05) is 133 Å². The van der Waals surface area contributed by atoms with Crippen molar-refractivity contribution in [3.63, 3.8) is 0 Å². The molecule has 5 heteroatoms. The molecule has 0 aliphatic rings. The zero-order valence-corrected chi connectivity index (χ0v) is 29.1. The van der Waals surface area contributed by atoms with Gasteiger partial charge in [0.25, 0.3) is 0 Å². The number of para-hydroxylation sites is 4. The van der Waals surface area contributed by atoms with Gasteiger partial charge < -0.3 is 9.13 Å². The van der Waals surface area contributed by atoms with Gasteiger partial charge in [0.15, 0.2) is 17.5 Å². The lowest BCUT2D eigenvalue weighted by Crippen LogP contribution is -2.01. The van der Waals surface area contributed by atoms with E-state index < -0.39 is 0 Å². The Bertz CT molecular complexity index is 3040. The fourth-order valence-electron chi connectivity index (χ4n) is 8.02. The van der Waals surface area contributed by atoms with Crippen LogP contribution < -0.4 is 0 Å². The summed E-state index contributed by atoms with van der Waals surface area (Å²) in [6.45, 7) is 0. The Balaban J connectivity index is 1.16. The van der Waals surface area contributed by atoms with Gasteiger partial charge in [0, 0.05) is 49.6 Å². The number of rotatable bonds is 5. The number of fused-ring (bicyclic) bond motifs is 7. The molecule has 0 spiro atoms. The molecule has 11 aromatic rings. The number of hydrogen-bond donors (Lipinski definition) is 0. The van der Waals surface area contributed by atoms with Crippen molar-refractivity contribution in [2.75, 3.05) is 0 Å². The van der Waals surface area contributed by atoms with Crippen LogP contribution in [0.15, 0.2) is 188 Å². The minimum Gasteiger partial charge on any atom is -0.309 e. The number of nitrogens with zero attached hydrogens (tertiary/aromatic N) is 5. The van der Waals surface area contributed by atoms with Crippen molar-refractivity contribution in [1.82, 2.24) is 24.1 Å². The summed E-state index contributed by atoms with van der Waals surface area (Å²) in [7, 11) is 0. The van der Waals surface area contributed by atoms with E-state index in [2.05, 4.69) is 197 Å². The molecule has 0 fully saturated rings. The molecule has 0 saturated carbocycles. The molecule has 8 aromatic carbocycles. The van der Waals surface area contributed by atoms with E-state index in [1.54, 1.807) is 0 Å². The highest BCUT2D eigenvalue weighted by atomic mass is 15.0. The lowest BCUT2D eigenvalue weighted by atomic mass is 10.1. The van der Waals surface area contributed by atoms with Crippen molar-refractivity contribution in [2.45, 2.75) is 0 Å². The second kappa shape index (κ2) is 12.1. The summed E-state index contributed by atoms with van der Waals surface area (Å²) >= 11 is 0. The molecule has 0 radical (unpaired) electrons. The molecule has 0 bridgehead atoms. The summed E-state index contributed by atoms with van der Waals surface area (Å²) in [5.74, 6) is 1.88. The normalized spacial score (nSPS) is 11.7. The molecule has 0 saturated heterocycles. The smallest absolute Gasteiger partial charge is 0.164 e. The van der Waals surface area contributed by atoms with Crippen LogP contribution in [0.5, 0.6) is 0 Å². The molecule has 0 amide bonds. The maximum atomic E-state index is 5.25. The Morgan fingerprint density at radius 2 is 0.667 bits per heavy atom. The molecular formula is C49H31N5. The van der Waals surface area contributed by atoms with Gasteiger partial charge in [0.1, 0.15) is 0 Å². The molecule has 0 aliphatic heterocycles. The van der Waals surface area contributed by atoms with E-state index in [-0.39, 0.29) is 0 Å². The molecule has 0 unspecified atom stereocenters. The minimum atomic E-state index is 0.624.